The number of methoxy groups -OCH3 is 1. The molecule has 1 unspecified atom stereocenters. The van der Waals surface area contributed by atoms with Gasteiger partial charge in [0.15, 0.2) is 6.29 Å². The standard InChI is InChI=1S/C15H14ClO2P.Li.H/c1-10-7-13(8-15(16)14(10)9-17)19-12-5-3-11(18-2)4-6-12;;/h3-9,19H,1-2H3;;. The maximum atomic E-state index is 10.9. The number of carbonyl (C=O) groups excluding carboxylic acids is 1. The molecule has 0 saturated heterocycles. The van der Waals surface area contributed by atoms with Gasteiger partial charge in [-0.3, -0.25) is 4.79 Å². The van der Waals surface area contributed by atoms with E-state index < -0.39 is 0 Å². The van der Waals surface area contributed by atoms with Crippen LogP contribution in [0.2, 0.25) is 5.02 Å². The zero-order chi connectivity index (χ0) is 13.8. The van der Waals surface area contributed by atoms with Crippen LogP contribution in [0.1, 0.15) is 15.9 Å². The molecule has 5 heteroatoms. The van der Waals surface area contributed by atoms with Crippen LogP contribution in [0, 0.1) is 6.92 Å². The molecule has 0 spiro atoms. The molecule has 1 atom stereocenters. The summed E-state index contributed by atoms with van der Waals surface area (Å²) in [5, 5.41) is 2.85. The van der Waals surface area contributed by atoms with Gasteiger partial charge in [0.05, 0.1) is 12.1 Å². The van der Waals surface area contributed by atoms with E-state index in [1.807, 2.05) is 43.3 Å². The zero-order valence-corrected chi connectivity index (χ0v) is 12.5. The van der Waals surface area contributed by atoms with Crippen LogP contribution in [-0.4, -0.2) is 32.3 Å². The number of hydrogen-bond donors (Lipinski definition) is 0. The molecule has 0 heterocycles. The first kappa shape index (κ1) is 17.3. The van der Waals surface area contributed by atoms with Crippen molar-refractivity contribution in [3.05, 3.63) is 52.5 Å². The summed E-state index contributed by atoms with van der Waals surface area (Å²) in [6.07, 6.45) is 0.804. The number of aryl methyl sites for hydroxylation is 1. The quantitative estimate of drug-likeness (QED) is 0.492. The van der Waals surface area contributed by atoms with Crippen molar-refractivity contribution in [1.29, 1.82) is 0 Å². The number of ether oxygens (including phenoxy) is 1. The van der Waals surface area contributed by atoms with Crippen LogP contribution < -0.4 is 15.3 Å². The minimum absolute atomic E-state index is 0. The number of benzene rings is 2. The van der Waals surface area contributed by atoms with Gasteiger partial charge < -0.3 is 4.74 Å². The number of halogens is 1. The van der Waals surface area contributed by atoms with E-state index in [9.17, 15) is 4.79 Å². The molecule has 0 aliphatic rings. The summed E-state index contributed by atoms with van der Waals surface area (Å²) in [5.74, 6) is 0.846. The number of hydrogen-bond acceptors (Lipinski definition) is 2. The van der Waals surface area contributed by atoms with E-state index >= 15 is 0 Å². The summed E-state index contributed by atoms with van der Waals surface area (Å²) in [5.41, 5.74) is 1.49. The molecule has 0 aliphatic carbocycles. The molecule has 0 aromatic heterocycles. The fraction of sp³-hybridized carbons (Fsp3) is 0.133. The molecule has 0 radical (unpaired) electrons. The van der Waals surface area contributed by atoms with Crippen molar-refractivity contribution in [2.24, 2.45) is 0 Å². The van der Waals surface area contributed by atoms with Crippen molar-refractivity contribution < 1.29 is 9.53 Å². The molecule has 0 N–H and O–H groups in total. The van der Waals surface area contributed by atoms with Gasteiger partial charge in [-0.1, -0.05) is 38.4 Å². The van der Waals surface area contributed by atoms with E-state index in [0.717, 1.165) is 22.9 Å². The van der Waals surface area contributed by atoms with Crippen molar-refractivity contribution in [3.8, 4) is 5.75 Å². The first-order valence-electron chi connectivity index (χ1n) is 5.80. The molecular weight excluding hydrogens is 286 g/mol. The summed E-state index contributed by atoms with van der Waals surface area (Å²) >= 11 is 6.10. The Kier molecular flexibility index (Phi) is 6.79. The molecule has 2 aromatic carbocycles. The second-order valence-corrected chi connectivity index (χ2v) is 5.97. The minimum atomic E-state index is 0. The second-order valence-electron chi connectivity index (χ2n) is 4.16. The molecule has 100 valence electrons. The Labute approximate surface area is 137 Å². The Morgan fingerprint density at radius 2 is 1.80 bits per heavy atom. The van der Waals surface area contributed by atoms with Crippen molar-refractivity contribution in [2.45, 2.75) is 6.92 Å². The van der Waals surface area contributed by atoms with Gasteiger partial charge in [0.2, 0.25) is 0 Å². The summed E-state index contributed by atoms with van der Waals surface area (Å²) in [6, 6.07) is 11.8. The van der Waals surface area contributed by atoms with Crippen LogP contribution in [0.5, 0.6) is 5.75 Å². The summed E-state index contributed by atoms with van der Waals surface area (Å²) < 4.78 is 5.13. The van der Waals surface area contributed by atoms with E-state index in [4.69, 9.17) is 16.3 Å². The number of rotatable bonds is 4. The van der Waals surface area contributed by atoms with Crippen molar-refractivity contribution in [2.75, 3.05) is 7.11 Å². The van der Waals surface area contributed by atoms with Crippen molar-refractivity contribution in [1.82, 2.24) is 0 Å². The Hall–Kier alpha value is -0.773. The van der Waals surface area contributed by atoms with Crippen molar-refractivity contribution in [3.63, 3.8) is 0 Å². The van der Waals surface area contributed by atoms with E-state index in [2.05, 4.69) is 0 Å². The molecule has 20 heavy (non-hydrogen) atoms. The molecule has 0 aliphatic heterocycles. The Morgan fingerprint density at radius 1 is 1.15 bits per heavy atom. The van der Waals surface area contributed by atoms with Gasteiger partial charge in [-0.25, -0.2) is 0 Å². The fourth-order valence-corrected chi connectivity index (χ4v) is 3.39. The van der Waals surface area contributed by atoms with Crippen LogP contribution in [0.25, 0.3) is 0 Å². The predicted octanol–water partition coefficient (Wildman–Crippen LogP) is 2.45. The summed E-state index contributed by atoms with van der Waals surface area (Å²) in [6.45, 7) is 1.90. The second kappa shape index (κ2) is 7.86. The van der Waals surface area contributed by atoms with Gasteiger partial charge in [0.1, 0.15) is 5.75 Å². The summed E-state index contributed by atoms with van der Waals surface area (Å²) in [7, 11) is 2.16. The van der Waals surface area contributed by atoms with Crippen LogP contribution in [0.3, 0.4) is 0 Å². The van der Waals surface area contributed by atoms with Gasteiger partial charge in [0.25, 0.3) is 0 Å². The van der Waals surface area contributed by atoms with Crippen LogP contribution in [0.15, 0.2) is 36.4 Å². The Balaban J connectivity index is 0.00000200. The fourth-order valence-electron chi connectivity index (χ4n) is 1.82. The van der Waals surface area contributed by atoms with E-state index in [1.165, 1.54) is 5.30 Å². The molecule has 0 fully saturated rings. The van der Waals surface area contributed by atoms with Gasteiger partial charge in [-0.05, 0) is 41.3 Å². The third-order valence-corrected chi connectivity index (χ3v) is 4.34. The van der Waals surface area contributed by atoms with Gasteiger partial charge in [0, 0.05) is 5.56 Å². The normalized spacial score (nSPS) is 10.3. The summed E-state index contributed by atoms with van der Waals surface area (Å²) in [4.78, 5) is 10.9. The van der Waals surface area contributed by atoms with E-state index in [0.29, 0.717) is 19.2 Å². The third kappa shape index (κ3) is 4.11. The van der Waals surface area contributed by atoms with Crippen LogP contribution >= 0.6 is 20.2 Å². The number of aldehydes is 1. The van der Waals surface area contributed by atoms with Gasteiger partial charge >= 0.3 is 18.9 Å². The molecule has 0 amide bonds. The van der Waals surface area contributed by atoms with Gasteiger partial charge in [-0.15, -0.1) is 0 Å². The van der Waals surface area contributed by atoms with Crippen LogP contribution in [0.4, 0.5) is 0 Å². The predicted molar refractivity (Wildman–Crippen MR) is 89.3 cm³/mol. The monoisotopic (exact) mass is 300 g/mol. The molecule has 2 aromatic rings. The molecular formula is C15H15ClLiO2P. The molecule has 0 saturated carbocycles. The number of carbonyl (C=O) groups is 1. The van der Waals surface area contributed by atoms with E-state index in [-0.39, 0.29) is 18.9 Å². The SMILES string of the molecule is COc1ccc(Pc2cc(C)c(C=O)c(Cl)c2)cc1.[LiH]. The maximum absolute atomic E-state index is 10.9. The Bertz CT molecular complexity index is 576. The topological polar surface area (TPSA) is 26.3 Å². The zero-order valence-electron chi connectivity index (χ0n) is 10.7. The molecule has 0 bridgehead atoms. The third-order valence-electron chi connectivity index (χ3n) is 2.83. The van der Waals surface area contributed by atoms with E-state index in [1.54, 1.807) is 7.11 Å². The average molecular weight is 301 g/mol. The average Bonchev–Trinajstić information content (AvgIpc) is 2.39. The molecule has 2 nitrogen and oxygen atoms in total. The Morgan fingerprint density at radius 3 is 2.30 bits per heavy atom. The van der Waals surface area contributed by atoms with Crippen molar-refractivity contribution >= 4 is 55.9 Å². The van der Waals surface area contributed by atoms with Gasteiger partial charge in [-0.2, -0.15) is 0 Å². The molecule has 2 rings (SSSR count). The first-order chi connectivity index (χ1) is 9.13. The van der Waals surface area contributed by atoms with Crippen LogP contribution in [-0.2, 0) is 0 Å². The first-order valence-corrected chi connectivity index (χ1v) is 7.18.